The van der Waals surface area contributed by atoms with E-state index in [4.69, 9.17) is 4.74 Å². The van der Waals surface area contributed by atoms with Crippen molar-refractivity contribution < 1.29 is 4.74 Å². The Labute approximate surface area is 110 Å². The van der Waals surface area contributed by atoms with E-state index in [0.29, 0.717) is 6.04 Å². The first kappa shape index (κ1) is 13.2. The van der Waals surface area contributed by atoms with Crippen LogP contribution >= 0.6 is 0 Å². The first-order chi connectivity index (χ1) is 8.70. The van der Waals surface area contributed by atoms with E-state index in [2.05, 4.69) is 37.4 Å². The van der Waals surface area contributed by atoms with Crippen LogP contribution in [0.25, 0.3) is 0 Å². The normalized spacial score (nSPS) is 16.9. The first-order valence-corrected chi connectivity index (χ1v) is 6.74. The minimum atomic E-state index is 0.396. The molecule has 1 aliphatic rings. The lowest BCUT2D eigenvalue weighted by Gasteiger charge is -2.23. The number of rotatable bonds is 4. The third kappa shape index (κ3) is 3.14. The van der Waals surface area contributed by atoms with E-state index < -0.39 is 0 Å². The lowest BCUT2D eigenvalue weighted by atomic mass is 9.94. The molecule has 1 N–H and O–H groups in total. The van der Waals surface area contributed by atoms with E-state index in [-0.39, 0.29) is 0 Å². The predicted octanol–water partition coefficient (Wildman–Crippen LogP) is 3.13. The van der Waals surface area contributed by atoms with E-state index in [1.807, 2.05) is 13.3 Å². The van der Waals surface area contributed by atoms with Crippen LogP contribution in [0.2, 0.25) is 0 Å². The van der Waals surface area contributed by atoms with Crippen LogP contribution < -0.4 is 5.32 Å². The van der Waals surface area contributed by atoms with Gasteiger partial charge < -0.3 is 10.1 Å². The molecule has 0 spiro atoms. The second-order valence-electron chi connectivity index (χ2n) is 5.13. The molecule has 2 rings (SSSR count). The molecule has 0 fully saturated rings. The van der Waals surface area contributed by atoms with E-state index >= 15 is 0 Å². The minimum Gasteiger partial charge on any atom is -0.501 e. The second-order valence-corrected chi connectivity index (χ2v) is 5.13. The Bertz CT molecular complexity index is 437. The first-order valence-electron chi connectivity index (χ1n) is 6.74. The molecule has 1 aromatic rings. The van der Waals surface area contributed by atoms with Crippen LogP contribution in [0, 0.1) is 13.8 Å². The highest BCUT2D eigenvalue weighted by Crippen LogP contribution is 2.20. The Balaban J connectivity index is 2.09. The van der Waals surface area contributed by atoms with Gasteiger partial charge in [0.1, 0.15) is 0 Å². The second kappa shape index (κ2) is 6.05. The monoisotopic (exact) mass is 245 g/mol. The van der Waals surface area contributed by atoms with E-state index in [9.17, 15) is 0 Å². The molecule has 0 radical (unpaired) electrons. The van der Waals surface area contributed by atoms with Crippen molar-refractivity contribution in [2.75, 3.05) is 13.7 Å². The summed E-state index contributed by atoms with van der Waals surface area (Å²) in [6, 6.07) is 7.14. The molecular weight excluding hydrogens is 222 g/mol. The smallest absolute Gasteiger partial charge is 0.0876 e. The van der Waals surface area contributed by atoms with Crippen molar-refractivity contribution in [3.8, 4) is 0 Å². The fraction of sp³-hybridized carbons (Fsp3) is 0.500. The number of aryl methyl sites for hydroxylation is 2. The summed E-state index contributed by atoms with van der Waals surface area (Å²) in [7, 11) is 2.03. The Morgan fingerprint density at radius 2 is 2.11 bits per heavy atom. The molecule has 1 aliphatic heterocycles. The van der Waals surface area contributed by atoms with Gasteiger partial charge in [-0.15, -0.1) is 0 Å². The summed E-state index contributed by atoms with van der Waals surface area (Å²) in [6.07, 6.45) is 5.27. The van der Waals surface area contributed by atoms with Gasteiger partial charge in [-0.3, -0.25) is 0 Å². The largest absolute Gasteiger partial charge is 0.501 e. The van der Waals surface area contributed by atoms with Crippen LogP contribution in [0.5, 0.6) is 0 Å². The highest BCUT2D eigenvalue weighted by molar-refractivity contribution is 5.31. The Kier molecular flexibility index (Phi) is 4.43. The average Bonchev–Trinajstić information content (AvgIpc) is 2.41. The molecule has 0 amide bonds. The fourth-order valence-electron chi connectivity index (χ4n) is 2.43. The van der Waals surface area contributed by atoms with Gasteiger partial charge in [-0.1, -0.05) is 18.2 Å². The number of nitrogens with one attached hydrogen (secondary N) is 1. The maximum absolute atomic E-state index is 5.44. The molecule has 0 saturated heterocycles. The molecule has 0 saturated carbocycles. The van der Waals surface area contributed by atoms with Crippen LogP contribution in [0.15, 0.2) is 30.0 Å². The zero-order chi connectivity index (χ0) is 13.0. The van der Waals surface area contributed by atoms with Gasteiger partial charge in [0.25, 0.3) is 0 Å². The zero-order valence-electron chi connectivity index (χ0n) is 11.6. The van der Waals surface area contributed by atoms with Crippen LogP contribution in [0.4, 0.5) is 0 Å². The number of benzene rings is 1. The standard InChI is InChI=1S/C16H23NO/c1-12-6-7-14(9-13(12)2)10-16(17-3)15-5-4-8-18-11-15/h6-7,9,11,16-17H,4-5,8,10H2,1-3H3. The molecule has 2 heteroatoms. The van der Waals surface area contributed by atoms with Crippen molar-refractivity contribution in [3.05, 3.63) is 46.7 Å². The summed E-state index contributed by atoms with van der Waals surface area (Å²) < 4.78 is 5.44. The van der Waals surface area contributed by atoms with Gasteiger partial charge >= 0.3 is 0 Å². The van der Waals surface area contributed by atoms with Crippen LogP contribution in [0.3, 0.4) is 0 Å². The number of hydrogen-bond donors (Lipinski definition) is 1. The van der Waals surface area contributed by atoms with Crippen LogP contribution in [-0.2, 0) is 11.2 Å². The maximum atomic E-state index is 5.44. The van der Waals surface area contributed by atoms with Gasteiger partial charge in [0.15, 0.2) is 0 Å². The predicted molar refractivity (Wildman–Crippen MR) is 75.7 cm³/mol. The minimum absolute atomic E-state index is 0.396. The summed E-state index contributed by atoms with van der Waals surface area (Å²) in [5, 5.41) is 3.41. The summed E-state index contributed by atoms with van der Waals surface area (Å²) in [4.78, 5) is 0. The van der Waals surface area contributed by atoms with E-state index in [0.717, 1.165) is 25.9 Å². The Morgan fingerprint density at radius 3 is 2.72 bits per heavy atom. The van der Waals surface area contributed by atoms with Gasteiger partial charge in [0.05, 0.1) is 12.9 Å². The maximum Gasteiger partial charge on any atom is 0.0876 e. The highest BCUT2D eigenvalue weighted by Gasteiger charge is 2.16. The Morgan fingerprint density at radius 1 is 1.28 bits per heavy atom. The summed E-state index contributed by atoms with van der Waals surface area (Å²) in [6.45, 7) is 5.20. The van der Waals surface area contributed by atoms with Gasteiger partial charge in [-0.05, 0) is 62.4 Å². The average molecular weight is 245 g/mol. The zero-order valence-corrected chi connectivity index (χ0v) is 11.6. The van der Waals surface area contributed by atoms with Gasteiger partial charge in [-0.2, -0.15) is 0 Å². The SMILES string of the molecule is CNC(Cc1ccc(C)c(C)c1)C1=COCCC1. The topological polar surface area (TPSA) is 21.3 Å². The Hall–Kier alpha value is -1.28. The van der Waals surface area contributed by atoms with Gasteiger partial charge in [0.2, 0.25) is 0 Å². The summed E-state index contributed by atoms with van der Waals surface area (Å²) >= 11 is 0. The summed E-state index contributed by atoms with van der Waals surface area (Å²) in [5.41, 5.74) is 5.52. The van der Waals surface area contributed by atoms with E-state index in [1.54, 1.807) is 0 Å². The summed E-state index contributed by atoms with van der Waals surface area (Å²) in [5.74, 6) is 0. The van der Waals surface area contributed by atoms with Crippen LogP contribution in [-0.4, -0.2) is 19.7 Å². The van der Waals surface area contributed by atoms with Gasteiger partial charge in [0, 0.05) is 6.04 Å². The van der Waals surface area contributed by atoms with Crippen molar-refractivity contribution >= 4 is 0 Å². The van der Waals surface area contributed by atoms with Crippen molar-refractivity contribution in [2.45, 2.75) is 39.2 Å². The molecule has 1 aromatic carbocycles. The third-order valence-corrected chi connectivity index (χ3v) is 3.77. The molecule has 1 atom stereocenters. The molecule has 18 heavy (non-hydrogen) atoms. The molecule has 0 aromatic heterocycles. The lowest BCUT2D eigenvalue weighted by Crippen LogP contribution is -2.31. The fourth-order valence-corrected chi connectivity index (χ4v) is 2.43. The van der Waals surface area contributed by atoms with Crippen molar-refractivity contribution in [3.63, 3.8) is 0 Å². The van der Waals surface area contributed by atoms with Gasteiger partial charge in [-0.25, -0.2) is 0 Å². The number of likely N-dealkylation sites (N-methyl/N-ethyl adjacent to an activating group) is 1. The number of hydrogen-bond acceptors (Lipinski definition) is 2. The molecule has 1 unspecified atom stereocenters. The van der Waals surface area contributed by atoms with E-state index in [1.165, 1.54) is 22.3 Å². The van der Waals surface area contributed by atoms with Crippen molar-refractivity contribution in [1.29, 1.82) is 0 Å². The lowest BCUT2D eigenvalue weighted by molar-refractivity contribution is 0.219. The molecule has 2 nitrogen and oxygen atoms in total. The highest BCUT2D eigenvalue weighted by atomic mass is 16.5. The molecule has 1 heterocycles. The molecule has 0 aliphatic carbocycles. The quantitative estimate of drug-likeness (QED) is 0.880. The number of ether oxygens (including phenoxy) is 1. The third-order valence-electron chi connectivity index (χ3n) is 3.77. The van der Waals surface area contributed by atoms with Crippen molar-refractivity contribution in [1.82, 2.24) is 5.32 Å². The molecule has 98 valence electrons. The molecular formula is C16H23NO. The van der Waals surface area contributed by atoms with Crippen molar-refractivity contribution in [2.24, 2.45) is 0 Å². The van der Waals surface area contributed by atoms with Crippen LogP contribution in [0.1, 0.15) is 29.5 Å². The molecule has 0 bridgehead atoms.